The maximum atomic E-state index is 14.8. The Balaban J connectivity index is 1.40. The minimum atomic E-state index is -1.99. The first-order valence-electron chi connectivity index (χ1n) is 28.8. The van der Waals surface area contributed by atoms with Crippen LogP contribution in [0.1, 0.15) is 115 Å². The van der Waals surface area contributed by atoms with E-state index < -0.39 is 127 Å². The summed E-state index contributed by atoms with van der Waals surface area (Å²) in [6.45, 7) is 3.80. The van der Waals surface area contributed by atoms with Crippen molar-refractivity contribution in [2.45, 2.75) is 160 Å². The number of H-pyrrole nitrogens is 1. The number of carbonyl (C=O) groups is 10. The Morgan fingerprint density at radius 3 is 1.93 bits per heavy atom. The molecule has 1 aromatic heterocycles. The van der Waals surface area contributed by atoms with Crippen LogP contribution in [-0.2, 0) is 67.2 Å². The van der Waals surface area contributed by atoms with Gasteiger partial charge in [0.05, 0.1) is 31.4 Å². The molecule has 1 aliphatic rings. The van der Waals surface area contributed by atoms with Gasteiger partial charge in [-0.05, 0) is 85.9 Å². The molecule has 0 radical (unpaired) electrons. The number of nitrogens with two attached hydrogens (primary N) is 1. The first kappa shape index (κ1) is 67.4. The van der Waals surface area contributed by atoms with Crippen molar-refractivity contribution < 1.29 is 73.5 Å². The second-order valence-corrected chi connectivity index (χ2v) is 22.0. The van der Waals surface area contributed by atoms with Crippen molar-refractivity contribution in [1.29, 1.82) is 0 Å². The molecule has 7 amide bonds. The predicted molar refractivity (Wildman–Crippen MR) is 313 cm³/mol. The number of aromatic nitrogens is 1. The van der Waals surface area contributed by atoms with Crippen LogP contribution < -0.4 is 32.3 Å². The number of rotatable bonds is 34. The van der Waals surface area contributed by atoms with Gasteiger partial charge in [0.25, 0.3) is 5.91 Å². The first-order chi connectivity index (χ1) is 40.6. The molecule has 0 bridgehead atoms. The van der Waals surface area contributed by atoms with E-state index in [0.29, 0.717) is 16.7 Å². The van der Waals surface area contributed by atoms with E-state index >= 15 is 0 Å². The van der Waals surface area contributed by atoms with Crippen LogP contribution in [0.15, 0.2) is 90.1 Å². The Labute approximate surface area is 493 Å². The minimum absolute atomic E-state index is 0.00304. The van der Waals surface area contributed by atoms with E-state index in [1.54, 1.807) is 68.6 Å². The van der Waals surface area contributed by atoms with Crippen molar-refractivity contribution in [3.8, 4) is 5.75 Å². The molecule has 1 aliphatic carbocycles. The zero-order valence-corrected chi connectivity index (χ0v) is 48.2. The van der Waals surface area contributed by atoms with Crippen LogP contribution in [0.4, 0.5) is 0 Å². The molecule has 5 rings (SSSR count). The van der Waals surface area contributed by atoms with Gasteiger partial charge in [-0.1, -0.05) is 107 Å². The summed E-state index contributed by atoms with van der Waals surface area (Å²) in [5.41, 5.74) is 8.22. The average molecular weight is 1180 g/mol. The number of fused-ring (bicyclic) bond motifs is 1. The second-order valence-electron chi connectivity index (χ2n) is 22.0. The average Bonchev–Trinajstić information content (AvgIpc) is 3.68. The number of aromatic amines is 1. The summed E-state index contributed by atoms with van der Waals surface area (Å²) in [4.78, 5) is 144. The van der Waals surface area contributed by atoms with E-state index in [2.05, 4.69) is 36.6 Å². The maximum absolute atomic E-state index is 14.8. The van der Waals surface area contributed by atoms with E-state index in [4.69, 9.17) is 5.73 Å². The van der Waals surface area contributed by atoms with Gasteiger partial charge in [-0.25, -0.2) is 4.99 Å². The molecule has 24 nitrogen and oxygen atoms in total. The van der Waals surface area contributed by atoms with E-state index in [0.717, 1.165) is 54.1 Å². The fourth-order valence-corrected chi connectivity index (χ4v) is 10.4. The van der Waals surface area contributed by atoms with Gasteiger partial charge in [-0.3, -0.25) is 47.9 Å². The number of aromatic hydroxyl groups is 1. The Bertz CT molecular complexity index is 2950. The highest BCUT2D eigenvalue weighted by Gasteiger charge is 2.39. The number of aliphatic hydroxyl groups excluding tert-OH is 2. The van der Waals surface area contributed by atoms with Gasteiger partial charge in [0, 0.05) is 49.0 Å². The number of phenolic OH excluding ortho intramolecular Hbond substituents is 1. The normalized spacial score (nSPS) is 15.5. The molecule has 1 heterocycles. The number of nitrogens with one attached hydrogen (secondary N) is 6. The summed E-state index contributed by atoms with van der Waals surface area (Å²) in [5, 5.41) is 64.8. The third kappa shape index (κ3) is 21.7. The Morgan fingerprint density at radius 2 is 1.29 bits per heavy atom. The van der Waals surface area contributed by atoms with E-state index in [1.807, 2.05) is 6.07 Å². The van der Waals surface area contributed by atoms with Gasteiger partial charge < -0.3 is 67.7 Å². The summed E-state index contributed by atoms with van der Waals surface area (Å²) in [6.07, 6.45) is 3.12. The Hall–Kier alpha value is -8.35. The standard InChI is InChI=1S/C61H81N9O15/c1-36(2)27-42(61(85)70(53(75)32-55(78)79)51(37(3)72)31-41-33-63-45-18-11-10-17-44(41)45)34-64-56(80)47(30-40-20-22-43(73)23-21-40)67-57(81)46(19-12-26-62)66-60(84)50(35-71)69-59(83)49(29-39-15-8-5-9-16-39)68-58(82)48(28-38-13-6-4-7-14-38)65-52(74)24-25-54(76)77/h5,8-11,15-18,20-23,33-34,36,38,42,46-51,53,63,71,73,75H,4,6-7,12-14,19,24-32,35,62H2,1-3H3,(H,65,74)(H,66,84)(H,67,81)(H,68,82)(H,69,83)(H,76,77)(H,78,79). The highest BCUT2D eigenvalue weighted by molar-refractivity contribution is 6.02. The number of hydrogen-bond acceptors (Lipinski definition) is 14. The second kappa shape index (κ2) is 33.8. The van der Waals surface area contributed by atoms with Crippen molar-refractivity contribution in [1.82, 2.24) is 36.5 Å². The summed E-state index contributed by atoms with van der Waals surface area (Å²) in [7, 11) is 0. The van der Waals surface area contributed by atoms with E-state index in [9.17, 15) is 73.5 Å². The number of Topliss-reactive ketones (excluding diaryl/α,β-unsaturated/α-hetero) is 1. The molecular weight excluding hydrogens is 1100 g/mol. The fraction of sp³-hybridized carbons (Fsp3) is 0.492. The Kier molecular flexibility index (Phi) is 26.8. The number of phenols is 1. The number of amides is 7. The predicted octanol–water partition coefficient (Wildman–Crippen LogP) is 2.73. The largest absolute Gasteiger partial charge is 0.508 e. The Morgan fingerprint density at radius 1 is 0.706 bits per heavy atom. The number of carboxylic acid groups (broad SMARTS) is 2. The summed E-state index contributed by atoms with van der Waals surface area (Å²) < 4.78 is 0. The van der Waals surface area contributed by atoms with Crippen molar-refractivity contribution in [3.05, 3.63) is 102 Å². The number of aliphatic imine (C=N–C) groups is 1. The van der Waals surface area contributed by atoms with Gasteiger partial charge in [0.1, 0.15) is 42.2 Å². The number of carboxylic acids is 2. The van der Waals surface area contributed by atoms with Crippen LogP contribution in [0.3, 0.4) is 0 Å². The van der Waals surface area contributed by atoms with Crippen molar-refractivity contribution >= 4 is 76.2 Å². The molecule has 85 heavy (non-hydrogen) atoms. The number of carbonyl (C=O) groups excluding carboxylic acids is 8. The molecule has 8 unspecified atom stereocenters. The lowest BCUT2D eigenvalue weighted by molar-refractivity contribution is -0.158. The molecule has 24 heteroatoms. The number of nitrogens with zero attached hydrogens (tertiary/aromatic N) is 2. The minimum Gasteiger partial charge on any atom is -0.508 e. The lowest BCUT2D eigenvalue weighted by Crippen LogP contribution is -2.60. The molecular formula is C61H81N9O15. The fourth-order valence-electron chi connectivity index (χ4n) is 10.4. The van der Waals surface area contributed by atoms with Gasteiger partial charge in [-0.15, -0.1) is 0 Å². The lowest BCUT2D eigenvalue weighted by atomic mass is 9.84. The van der Waals surface area contributed by atoms with Crippen LogP contribution in [0.5, 0.6) is 5.75 Å². The molecule has 1 fully saturated rings. The highest BCUT2D eigenvalue weighted by Crippen LogP contribution is 2.28. The van der Waals surface area contributed by atoms with E-state index in [-0.39, 0.29) is 75.5 Å². The van der Waals surface area contributed by atoms with E-state index in [1.165, 1.54) is 31.2 Å². The topological polar surface area (TPSA) is 389 Å². The number of para-hydroxylation sites is 1. The first-order valence-corrected chi connectivity index (χ1v) is 28.8. The van der Waals surface area contributed by atoms with Crippen molar-refractivity contribution in [2.24, 2.45) is 28.5 Å². The molecule has 0 saturated heterocycles. The number of ketones is 1. The maximum Gasteiger partial charge on any atom is 0.307 e. The van der Waals surface area contributed by atoms with Crippen LogP contribution in [0.25, 0.3) is 10.9 Å². The molecule has 0 spiro atoms. The van der Waals surface area contributed by atoms with Crippen LogP contribution in [0, 0.1) is 17.8 Å². The summed E-state index contributed by atoms with van der Waals surface area (Å²) >= 11 is 0. The summed E-state index contributed by atoms with van der Waals surface area (Å²) in [5.74, 6) is -11.1. The molecule has 1 saturated carbocycles. The zero-order valence-electron chi connectivity index (χ0n) is 48.2. The zero-order chi connectivity index (χ0) is 62.2. The van der Waals surface area contributed by atoms with Gasteiger partial charge in [0.15, 0.2) is 5.78 Å². The number of aliphatic carboxylic acids is 2. The lowest BCUT2D eigenvalue weighted by Gasteiger charge is -2.36. The smallest absolute Gasteiger partial charge is 0.307 e. The van der Waals surface area contributed by atoms with Crippen LogP contribution in [-0.4, -0.2) is 156 Å². The monoisotopic (exact) mass is 1180 g/mol. The number of hydrogen-bond donors (Lipinski definition) is 12. The van der Waals surface area contributed by atoms with Gasteiger partial charge in [-0.2, -0.15) is 0 Å². The van der Waals surface area contributed by atoms with Gasteiger partial charge in [0.2, 0.25) is 35.4 Å². The molecule has 460 valence electrons. The quantitative estimate of drug-likeness (QED) is 0.0236. The third-order valence-corrected chi connectivity index (χ3v) is 14.8. The molecule has 4 aromatic rings. The molecule has 8 atom stereocenters. The highest BCUT2D eigenvalue weighted by atomic mass is 16.4. The number of aliphatic hydroxyl groups is 2. The SMILES string of the molecule is CC(=O)C(Cc1c[nH]c2ccccc12)N(C(=O)C(C=NC(=O)C(Cc1ccc(O)cc1)NC(=O)C(CCCN)NC(=O)C(CO)NC(=O)C(Cc1ccccc1)NC(=O)C(CC1CCCCC1)NC(=O)CCC(=O)O)CC(C)C)C(O)CC(=O)O. The van der Waals surface area contributed by atoms with Crippen molar-refractivity contribution in [3.63, 3.8) is 0 Å². The van der Waals surface area contributed by atoms with Crippen molar-refractivity contribution in [2.75, 3.05) is 13.2 Å². The molecule has 0 aliphatic heterocycles. The number of benzene rings is 3. The van der Waals surface area contributed by atoms with Crippen LogP contribution >= 0.6 is 0 Å². The summed E-state index contributed by atoms with van der Waals surface area (Å²) in [6, 6.07) is 12.8. The van der Waals surface area contributed by atoms with Gasteiger partial charge >= 0.3 is 11.9 Å². The van der Waals surface area contributed by atoms with Crippen LogP contribution in [0.2, 0.25) is 0 Å². The molecule has 3 aromatic carbocycles. The molecule has 13 N–H and O–H groups in total. The third-order valence-electron chi connectivity index (χ3n) is 14.8.